The van der Waals surface area contributed by atoms with Gasteiger partial charge in [-0.1, -0.05) is 24.3 Å². The molecule has 0 saturated heterocycles. The molecule has 0 aliphatic rings. The number of alkyl halides is 3. The van der Waals surface area contributed by atoms with Crippen molar-refractivity contribution in [3.63, 3.8) is 0 Å². The molecule has 2 aromatic heterocycles. The highest BCUT2D eigenvalue weighted by molar-refractivity contribution is 6.01. The fourth-order valence-electron chi connectivity index (χ4n) is 3.09. The van der Waals surface area contributed by atoms with E-state index in [9.17, 15) is 22.8 Å². The molecule has 0 fully saturated rings. The molecule has 1 aromatic carbocycles. The second-order valence-electron chi connectivity index (χ2n) is 9.14. The normalized spacial score (nSPS) is 11.6. The van der Waals surface area contributed by atoms with Crippen LogP contribution in [0.2, 0.25) is 0 Å². The van der Waals surface area contributed by atoms with Crippen LogP contribution in [0, 0.1) is 0 Å². The Morgan fingerprint density at radius 2 is 1.76 bits per heavy atom. The maximum atomic E-state index is 12.9. The molecule has 0 aliphatic carbocycles. The molecule has 0 radical (unpaired) electrons. The Kier molecular flexibility index (Phi) is 9.29. The van der Waals surface area contributed by atoms with E-state index >= 15 is 0 Å². The monoisotopic (exact) mass is 534 g/mol. The van der Waals surface area contributed by atoms with Crippen molar-refractivity contribution in [1.29, 1.82) is 0 Å². The van der Waals surface area contributed by atoms with Crippen molar-refractivity contribution in [2.75, 3.05) is 25.0 Å². The predicted molar refractivity (Wildman–Crippen MR) is 133 cm³/mol. The van der Waals surface area contributed by atoms with E-state index in [0.29, 0.717) is 18.8 Å². The molecule has 3 rings (SSSR count). The first-order chi connectivity index (χ1) is 17.9. The van der Waals surface area contributed by atoms with Gasteiger partial charge < -0.3 is 20.1 Å². The van der Waals surface area contributed by atoms with E-state index in [0.717, 1.165) is 5.56 Å². The molecular formula is C25H29F3N6O4. The first-order valence-electron chi connectivity index (χ1n) is 11.7. The topological polar surface area (TPSA) is 119 Å². The molecule has 204 valence electrons. The Morgan fingerprint density at radius 3 is 2.39 bits per heavy atom. The van der Waals surface area contributed by atoms with E-state index in [4.69, 9.17) is 4.74 Å². The highest BCUT2D eigenvalue weighted by Crippen LogP contribution is 2.19. The van der Waals surface area contributed by atoms with Crippen LogP contribution < -0.4 is 20.7 Å². The molecular weight excluding hydrogens is 505 g/mol. The maximum Gasteiger partial charge on any atom is 0.422 e. The van der Waals surface area contributed by atoms with Crippen molar-refractivity contribution in [2.24, 2.45) is 0 Å². The van der Waals surface area contributed by atoms with Crippen LogP contribution in [0.3, 0.4) is 0 Å². The Bertz CT molecular complexity index is 1210. The Labute approximate surface area is 217 Å². The minimum Gasteiger partial charge on any atom is -0.468 e. The van der Waals surface area contributed by atoms with Crippen LogP contribution in [-0.4, -0.2) is 58.2 Å². The smallest absolute Gasteiger partial charge is 0.422 e. The van der Waals surface area contributed by atoms with Gasteiger partial charge in [-0.3, -0.25) is 10.1 Å². The number of carbonyl (C=O) groups excluding carboxylic acids is 2. The molecule has 10 nitrogen and oxygen atoms in total. The number of benzene rings is 1. The van der Waals surface area contributed by atoms with Crippen LogP contribution in [0.1, 0.15) is 36.7 Å². The van der Waals surface area contributed by atoms with Crippen LogP contribution in [0.5, 0.6) is 5.88 Å². The van der Waals surface area contributed by atoms with E-state index in [2.05, 4.69) is 30.8 Å². The minimum atomic E-state index is -4.43. The summed E-state index contributed by atoms with van der Waals surface area (Å²) in [5.41, 5.74) is 0.845. The Morgan fingerprint density at radius 1 is 1.03 bits per heavy atom. The second kappa shape index (κ2) is 12.4. The minimum absolute atomic E-state index is 0.0486. The van der Waals surface area contributed by atoms with Crippen LogP contribution in [0.15, 0.2) is 54.9 Å². The summed E-state index contributed by atoms with van der Waals surface area (Å²) in [5.74, 6) is -0.523. The third-order valence-electron chi connectivity index (χ3n) is 4.70. The van der Waals surface area contributed by atoms with Crippen molar-refractivity contribution in [1.82, 2.24) is 25.4 Å². The van der Waals surface area contributed by atoms with Gasteiger partial charge in [-0.15, -0.1) is 5.10 Å². The van der Waals surface area contributed by atoms with Crippen molar-refractivity contribution in [3.05, 3.63) is 66.0 Å². The second-order valence-corrected chi connectivity index (χ2v) is 9.14. The molecule has 3 aromatic rings. The van der Waals surface area contributed by atoms with Crippen LogP contribution in [-0.2, 0) is 11.3 Å². The first kappa shape index (κ1) is 28.4. The van der Waals surface area contributed by atoms with Crippen LogP contribution in [0.25, 0.3) is 5.69 Å². The Balaban J connectivity index is 1.54. The molecule has 0 aliphatic heterocycles. The largest absolute Gasteiger partial charge is 0.468 e. The van der Waals surface area contributed by atoms with Gasteiger partial charge in [0.1, 0.15) is 11.2 Å². The fraction of sp³-hybridized carbons (Fsp3) is 0.360. The van der Waals surface area contributed by atoms with E-state index in [1.165, 1.54) is 23.1 Å². The molecule has 0 saturated carbocycles. The molecule has 2 heterocycles. The lowest BCUT2D eigenvalue weighted by molar-refractivity contribution is -0.154. The summed E-state index contributed by atoms with van der Waals surface area (Å²) in [6, 6.07) is 12.0. The standard InChI is InChI=1S/C25H29F3N6O4/c1-24(2,3)38-23(36)32-21-19(15-34(33-21)18-7-5-4-6-8-18)22(35)30-12-11-29-13-17-9-10-20(31-14-17)37-16-25(26,27)28/h4-10,14-15,29H,11-13,16H2,1-3H3,(H,30,35)(H,32,33,36). The number of aromatic nitrogens is 3. The highest BCUT2D eigenvalue weighted by atomic mass is 19.4. The number of rotatable bonds is 10. The molecule has 3 N–H and O–H groups in total. The number of ether oxygens (including phenoxy) is 2. The molecule has 0 atom stereocenters. The number of hydrogen-bond acceptors (Lipinski definition) is 7. The molecule has 2 amide bonds. The van der Waals surface area contributed by atoms with Crippen molar-refractivity contribution >= 4 is 17.8 Å². The number of halogens is 3. The average Bonchev–Trinajstić information content (AvgIpc) is 3.25. The van der Waals surface area contributed by atoms with E-state index in [1.54, 1.807) is 39.0 Å². The predicted octanol–water partition coefficient (Wildman–Crippen LogP) is 4.08. The van der Waals surface area contributed by atoms with Gasteiger partial charge in [0.05, 0.1) is 5.69 Å². The Hall–Kier alpha value is -4.13. The number of hydrogen-bond donors (Lipinski definition) is 3. The summed E-state index contributed by atoms with van der Waals surface area (Å²) in [5, 5.41) is 12.7. The average molecular weight is 535 g/mol. The number of pyridine rings is 1. The van der Waals surface area contributed by atoms with Crippen LogP contribution in [0.4, 0.5) is 23.8 Å². The molecule has 38 heavy (non-hydrogen) atoms. The van der Waals surface area contributed by atoms with Gasteiger partial charge in [0.15, 0.2) is 12.4 Å². The number of anilines is 1. The molecule has 13 heteroatoms. The van der Waals surface area contributed by atoms with E-state index in [1.807, 2.05) is 18.2 Å². The summed E-state index contributed by atoms with van der Waals surface area (Å²) in [4.78, 5) is 29.0. The van der Waals surface area contributed by atoms with E-state index < -0.39 is 30.4 Å². The SMILES string of the molecule is CC(C)(C)OC(=O)Nc1nn(-c2ccccc2)cc1C(=O)NCCNCc1ccc(OCC(F)(F)F)nc1. The molecule has 0 spiro atoms. The van der Waals surface area contributed by atoms with Gasteiger partial charge in [0.25, 0.3) is 5.91 Å². The zero-order valence-corrected chi connectivity index (χ0v) is 21.1. The summed E-state index contributed by atoms with van der Waals surface area (Å²) in [6.45, 7) is 4.78. The van der Waals surface area contributed by atoms with Gasteiger partial charge in [-0.2, -0.15) is 13.2 Å². The maximum absolute atomic E-state index is 12.9. The van der Waals surface area contributed by atoms with Gasteiger partial charge >= 0.3 is 12.3 Å². The number of para-hydroxylation sites is 1. The number of nitrogens with one attached hydrogen (secondary N) is 3. The fourth-order valence-corrected chi connectivity index (χ4v) is 3.09. The van der Waals surface area contributed by atoms with Gasteiger partial charge in [-0.25, -0.2) is 14.5 Å². The number of amides is 2. The third-order valence-corrected chi connectivity index (χ3v) is 4.70. The van der Waals surface area contributed by atoms with Crippen molar-refractivity contribution in [2.45, 2.75) is 39.1 Å². The quantitative estimate of drug-likeness (QED) is 0.336. The van der Waals surface area contributed by atoms with Crippen molar-refractivity contribution in [3.8, 4) is 11.6 Å². The lowest BCUT2D eigenvalue weighted by atomic mass is 10.2. The van der Waals surface area contributed by atoms with Gasteiger partial charge in [0, 0.05) is 38.1 Å². The lowest BCUT2D eigenvalue weighted by Gasteiger charge is -2.19. The molecule has 0 unspecified atom stereocenters. The highest BCUT2D eigenvalue weighted by Gasteiger charge is 2.28. The summed E-state index contributed by atoms with van der Waals surface area (Å²) < 4.78 is 48.0. The van der Waals surface area contributed by atoms with Crippen molar-refractivity contribution < 1.29 is 32.2 Å². The number of nitrogens with zero attached hydrogens (tertiary/aromatic N) is 3. The summed E-state index contributed by atoms with van der Waals surface area (Å²) in [6.07, 6.45) is -2.25. The van der Waals surface area contributed by atoms with Gasteiger partial charge in [-0.05, 0) is 38.5 Å². The summed E-state index contributed by atoms with van der Waals surface area (Å²) in [7, 11) is 0. The number of carbonyl (C=O) groups is 2. The third kappa shape index (κ3) is 9.39. The lowest BCUT2D eigenvalue weighted by Crippen LogP contribution is -2.32. The van der Waals surface area contributed by atoms with Crippen LogP contribution >= 0.6 is 0 Å². The first-order valence-corrected chi connectivity index (χ1v) is 11.7. The zero-order chi connectivity index (χ0) is 27.8. The summed E-state index contributed by atoms with van der Waals surface area (Å²) >= 11 is 0. The van der Waals surface area contributed by atoms with Gasteiger partial charge in [0.2, 0.25) is 5.88 Å². The van der Waals surface area contributed by atoms with E-state index in [-0.39, 0.29) is 23.8 Å². The zero-order valence-electron chi connectivity index (χ0n) is 21.1. The molecule has 0 bridgehead atoms.